The van der Waals surface area contributed by atoms with E-state index in [1.165, 1.54) is 22.5 Å². The zero-order chi connectivity index (χ0) is 21.9. The molecule has 1 saturated heterocycles. The molecule has 0 aromatic heterocycles. The summed E-state index contributed by atoms with van der Waals surface area (Å²) in [5, 5.41) is 3.30. The van der Waals surface area contributed by atoms with Crippen molar-refractivity contribution in [1.29, 1.82) is 0 Å². The smallest absolute Gasteiger partial charge is 0.249 e. The number of sulfonamides is 1. The van der Waals surface area contributed by atoms with Gasteiger partial charge in [-0.25, -0.2) is 8.42 Å². The van der Waals surface area contributed by atoms with Crippen molar-refractivity contribution in [3.63, 3.8) is 0 Å². The molecule has 160 valence electrons. The molecule has 0 unspecified atom stereocenters. The van der Waals surface area contributed by atoms with Crippen molar-refractivity contribution in [2.24, 2.45) is 11.7 Å². The first-order chi connectivity index (χ1) is 14.2. The van der Waals surface area contributed by atoms with E-state index >= 15 is 0 Å². The summed E-state index contributed by atoms with van der Waals surface area (Å²) in [6.07, 6.45) is 0.771. The van der Waals surface area contributed by atoms with Crippen LogP contribution in [-0.4, -0.2) is 37.6 Å². The van der Waals surface area contributed by atoms with Crippen molar-refractivity contribution in [3.05, 3.63) is 63.6 Å². The minimum atomic E-state index is -3.75. The number of amides is 2. The lowest BCUT2D eigenvalue weighted by Crippen LogP contribution is -2.43. The van der Waals surface area contributed by atoms with Crippen LogP contribution in [0.25, 0.3) is 0 Å². The maximum absolute atomic E-state index is 12.8. The van der Waals surface area contributed by atoms with Gasteiger partial charge >= 0.3 is 0 Å². The van der Waals surface area contributed by atoms with E-state index in [9.17, 15) is 18.0 Å². The number of nitrogens with zero attached hydrogens (tertiary/aromatic N) is 1. The zero-order valence-corrected chi connectivity index (χ0v) is 18.3. The molecule has 3 rings (SSSR count). The predicted octanol–water partition coefficient (Wildman–Crippen LogP) is 2.81. The van der Waals surface area contributed by atoms with Crippen LogP contribution in [0, 0.1) is 5.92 Å². The van der Waals surface area contributed by atoms with Crippen LogP contribution < -0.4 is 11.1 Å². The molecule has 1 heterocycles. The van der Waals surface area contributed by atoms with Gasteiger partial charge in [0.25, 0.3) is 0 Å². The van der Waals surface area contributed by atoms with Crippen LogP contribution in [0.2, 0.25) is 10.0 Å². The second-order valence-electron chi connectivity index (χ2n) is 7.02. The van der Waals surface area contributed by atoms with E-state index < -0.39 is 15.9 Å². The minimum absolute atomic E-state index is 0.0333. The van der Waals surface area contributed by atoms with E-state index in [1.54, 1.807) is 24.3 Å². The average Bonchev–Trinajstić information content (AvgIpc) is 2.71. The predicted molar refractivity (Wildman–Crippen MR) is 115 cm³/mol. The van der Waals surface area contributed by atoms with E-state index in [0.29, 0.717) is 24.0 Å². The van der Waals surface area contributed by atoms with Crippen LogP contribution in [-0.2, 0) is 21.4 Å². The second kappa shape index (κ2) is 9.34. The summed E-state index contributed by atoms with van der Waals surface area (Å²) in [6, 6.07) is 11.0. The zero-order valence-electron chi connectivity index (χ0n) is 16.0. The third kappa shape index (κ3) is 5.13. The summed E-state index contributed by atoms with van der Waals surface area (Å²) >= 11 is 11.9. The number of carbonyl (C=O) groups is 2. The Kier molecular flexibility index (Phi) is 7.02. The van der Waals surface area contributed by atoms with Crippen LogP contribution in [0.1, 0.15) is 28.8 Å². The van der Waals surface area contributed by atoms with Gasteiger partial charge in [-0.1, -0.05) is 41.4 Å². The van der Waals surface area contributed by atoms with Gasteiger partial charge in [-0.3, -0.25) is 9.59 Å². The molecule has 0 spiro atoms. The Morgan fingerprint density at radius 2 is 1.67 bits per heavy atom. The fourth-order valence-corrected chi connectivity index (χ4v) is 5.62. The van der Waals surface area contributed by atoms with Gasteiger partial charge in [0.2, 0.25) is 21.8 Å². The van der Waals surface area contributed by atoms with Crippen LogP contribution in [0.15, 0.2) is 47.4 Å². The van der Waals surface area contributed by atoms with Crippen molar-refractivity contribution >= 4 is 45.0 Å². The van der Waals surface area contributed by atoms with E-state index in [1.807, 2.05) is 0 Å². The molecule has 1 aliphatic rings. The number of primary amides is 1. The molecule has 0 bridgehead atoms. The average molecular weight is 470 g/mol. The third-order valence-corrected chi connectivity index (χ3v) is 7.35. The highest BCUT2D eigenvalue weighted by Gasteiger charge is 2.32. The molecule has 2 amide bonds. The van der Waals surface area contributed by atoms with Gasteiger partial charge in [-0.05, 0) is 42.7 Å². The maximum Gasteiger partial charge on any atom is 0.249 e. The lowest BCUT2D eigenvalue weighted by Gasteiger charge is -2.30. The van der Waals surface area contributed by atoms with Crippen molar-refractivity contribution in [2.45, 2.75) is 24.3 Å². The number of halogens is 2. The molecule has 10 heteroatoms. The Balaban J connectivity index is 1.60. The Bertz CT molecular complexity index is 1050. The van der Waals surface area contributed by atoms with E-state index in [4.69, 9.17) is 28.9 Å². The van der Waals surface area contributed by atoms with E-state index in [-0.39, 0.29) is 46.4 Å². The molecule has 0 saturated carbocycles. The Morgan fingerprint density at radius 3 is 2.27 bits per heavy atom. The van der Waals surface area contributed by atoms with E-state index in [2.05, 4.69) is 5.32 Å². The fraction of sp³-hybridized carbons (Fsp3) is 0.300. The molecular weight excluding hydrogens is 449 g/mol. The summed E-state index contributed by atoms with van der Waals surface area (Å²) < 4.78 is 27.0. The SMILES string of the molecule is NC(=O)c1ccccc1CNC(=O)C1CCN(S(=O)(=O)c2cc(Cl)cc(Cl)c2)CC1. The molecule has 7 nitrogen and oxygen atoms in total. The molecule has 30 heavy (non-hydrogen) atoms. The lowest BCUT2D eigenvalue weighted by molar-refractivity contribution is -0.126. The number of piperidine rings is 1. The molecule has 1 aliphatic heterocycles. The molecule has 2 aromatic rings. The molecule has 0 aliphatic carbocycles. The number of nitrogens with two attached hydrogens (primary N) is 1. The van der Waals surface area contributed by atoms with Crippen LogP contribution in [0.5, 0.6) is 0 Å². The quantitative estimate of drug-likeness (QED) is 0.677. The monoisotopic (exact) mass is 469 g/mol. The van der Waals surface area contributed by atoms with Crippen LogP contribution in [0.4, 0.5) is 0 Å². The number of hydrogen-bond acceptors (Lipinski definition) is 4. The number of rotatable bonds is 6. The van der Waals surface area contributed by atoms with E-state index in [0.717, 1.165) is 0 Å². The standard InChI is InChI=1S/C20H21Cl2N3O4S/c21-15-9-16(22)11-17(10-15)30(28,29)25-7-5-13(6-8-25)20(27)24-12-14-3-1-2-4-18(14)19(23)26/h1-4,9-11,13H,5-8,12H2,(H2,23,26)(H,24,27). The highest BCUT2D eigenvalue weighted by Crippen LogP contribution is 2.28. The molecule has 1 fully saturated rings. The largest absolute Gasteiger partial charge is 0.366 e. The van der Waals surface area contributed by atoms with Crippen molar-refractivity contribution < 1.29 is 18.0 Å². The summed E-state index contributed by atoms with van der Waals surface area (Å²) in [6.45, 7) is 0.600. The third-order valence-electron chi connectivity index (χ3n) is 5.03. The normalized spacial score (nSPS) is 15.7. The topological polar surface area (TPSA) is 110 Å². The summed E-state index contributed by atoms with van der Waals surface area (Å²) in [7, 11) is -3.75. The number of hydrogen-bond donors (Lipinski definition) is 2. The fourth-order valence-electron chi connectivity index (χ4n) is 3.43. The van der Waals surface area contributed by atoms with Crippen molar-refractivity contribution in [3.8, 4) is 0 Å². The first kappa shape index (κ1) is 22.6. The Morgan fingerprint density at radius 1 is 1.07 bits per heavy atom. The summed E-state index contributed by atoms with van der Waals surface area (Å²) in [5.74, 6) is -1.06. The Labute approximate surface area is 185 Å². The van der Waals surface area contributed by atoms with Gasteiger partial charge in [0.05, 0.1) is 4.90 Å². The lowest BCUT2D eigenvalue weighted by atomic mass is 9.97. The highest BCUT2D eigenvalue weighted by molar-refractivity contribution is 7.89. The molecule has 2 aromatic carbocycles. The molecule has 0 atom stereocenters. The van der Waals surface area contributed by atoms with Crippen molar-refractivity contribution in [1.82, 2.24) is 9.62 Å². The Hall–Kier alpha value is -2.13. The molecule has 0 radical (unpaired) electrons. The van der Waals surface area contributed by atoms with Gasteiger partial charge in [0.15, 0.2) is 0 Å². The van der Waals surface area contributed by atoms with Gasteiger partial charge < -0.3 is 11.1 Å². The number of nitrogens with one attached hydrogen (secondary N) is 1. The molecular formula is C20H21Cl2N3O4S. The minimum Gasteiger partial charge on any atom is -0.366 e. The van der Waals surface area contributed by atoms with Crippen LogP contribution in [0.3, 0.4) is 0 Å². The van der Waals surface area contributed by atoms with Crippen molar-refractivity contribution in [2.75, 3.05) is 13.1 Å². The highest BCUT2D eigenvalue weighted by atomic mass is 35.5. The van der Waals surface area contributed by atoms with Gasteiger partial charge in [0, 0.05) is 41.2 Å². The maximum atomic E-state index is 12.8. The van der Waals surface area contributed by atoms with Crippen LogP contribution >= 0.6 is 23.2 Å². The molecule has 3 N–H and O–H groups in total. The van der Waals surface area contributed by atoms with Gasteiger partial charge in [-0.15, -0.1) is 0 Å². The second-order valence-corrected chi connectivity index (χ2v) is 9.83. The summed E-state index contributed by atoms with van der Waals surface area (Å²) in [5.41, 5.74) is 6.35. The number of benzene rings is 2. The van der Waals surface area contributed by atoms with Gasteiger partial charge in [-0.2, -0.15) is 4.31 Å². The number of carbonyl (C=O) groups excluding carboxylic acids is 2. The first-order valence-corrected chi connectivity index (χ1v) is 11.5. The van der Waals surface area contributed by atoms with Gasteiger partial charge in [0.1, 0.15) is 0 Å². The first-order valence-electron chi connectivity index (χ1n) is 9.30. The summed E-state index contributed by atoms with van der Waals surface area (Å²) in [4.78, 5) is 24.1.